The lowest BCUT2D eigenvalue weighted by Gasteiger charge is -2.24. The first-order valence-corrected chi connectivity index (χ1v) is 9.57. The van der Waals surface area contributed by atoms with E-state index in [2.05, 4.69) is 15.9 Å². The second-order valence-electron chi connectivity index (χ2n) is 6.64. The summed E-state index contributed by atoms with van der Waals surface area (Å²) in [6.07, 6.45) is 1.56. The van der Waals surface area contributed by atoms with Crippen LogP contribution in [0.4, 0.5) is 0 Å². The zero-order chi connectivity index (χ0) is 19.3. The normalized spacial score (nSPS) is 16.0. The summed E-state index contributed by atoms with van der Waals surface area (Å²) in [5.41, 5.74) is 1.44. The molecule has 2 aromatic heterocycles. The Labute approximate surface area is 168 Å². The molecule has 5 nitrogen and oxygen atoms in total. The van der Waals surface area contributed by atoms with Crippen LogP contribution in [-0.2, 0) is 6.54 Å². The molecule has 5 rings (SSSR count). The number of carbonyl (C=O) groups is 1. The molecule has 1 aliphatic heterocycles. The summed E-state index contributed by atoms with van der Waals surface area (Å²) in [6.45, 7) is 0.243. The number of benzene rings is 2. The van der Waals surface area contributed by atoms with Crippen molar-refractivity contribution >= 4 is 32.8 Å². The van der Waals surface area contributed by atoms with Crippen LogP contribution in [0.15, 0.2) is 85.0 Å². The molecule has 2 aromatic carbocycles. The van der Waals surface area contributed by atoms with Gasteiger partial charge in [-0.15, -0.1) is 0 Å². The number of furan rings is 1. The van der Waals surface area contributed by atoms with Crippen LogP contribution in [0.25, 0.3) is 11.0 Å². The summed E-state index contributed by atoms with van der Waals surface area (Å²) < 4.78 is 12.3. The quantitative estimate of drug-likeness (QED) is 0.459. The highest BCUT2D eigenvalue weighted by molar-refractivity contribution is 9.10. The molecule has 0 fully saturated rings. The van der Waals surface area contributed by atoms with Gasteiger partial charge in [0.2, 0.25) is 5.76 Å². The van der Waals surface area contributed by atoms with Crippen molar-refractivity contribution in [2.45, 2.75) is 12.6 Å². The van der Waals surface area contributed by atoms with Crippen molar-refractivity contribution in [1.29, 1.82) is 0 Å². The Kier molecular flexibility index (Phi) is 3.94. The van der Waals surface area contributed by atoms with Crippen LogP contribution in [0.5, 0.6) is 0 Å². The van der Waals surface area contributed by atoms with Crippen LogP contribution >= 0.6 is 15.9 Å². The van der Waals surface area contributed by atoms with E-state index in [1.807, 2.05) is 24.3 Å². The van der Waals surface area contributed by atoms with Crippen LogP contribution in [0, 0.1) is 0 Å². The fourth-order valence-electron chi connectivity index (χ4n) is 3.69. The maximum atomic E-state index is 13.3. The summed E-state index contributed by atoms with van der Waals surface area (Å²) in [6, 6.07) is 17.6. The molecule has 0 bridgehead atoms. The van der Waals surface area contributed by atoms with Crippen molar-refractivity contribution in [3.05, 3.63) is 104 Å². The fraction of sp³-hybridized carbons (Fsp3) is 0.0909. The number of fused-ring (bicyclic) bond motifs is 2. The summed E-state index contributed by atoms with van der Waals surface area (Å²) >= 11 is 3.43. The van der Waals surface area contributed by atoms with E-state index in [1.54, 1.807) is 47.6 Å². The van der Waals surface area contributed by atoms with Crippen molar-refractivity contribution in [3.8, 4) is 0 Å². The first-order chi connectivity index (χ1) is 13.6. The van der Waals surface area contributed by atoms with Gasteiger partial charge in [-0.1, -0.05) is 40.2 Å². The van der Waals surface area contributed by atoms with Crippen molar-refractivity contribution in [1.82, 2.24) is 4.90 Å². The van der Waals surface area contributed by atoms with Gasteiger partial charge >= 0.3 is 0 Å². The van der Waals surface area contributed by atoms with E-state index < -0.39 is 6.04 Å². The minimum absolute atomic E-state index is 0.100. The van der Waals surface area contributed by atoms with Gasteiger partial charge in [-0.2, -0.15) is 0 Å². The maximum absolute atomic E-state index is 13.3. The van der Waals surface area contributed by atoms with Crippen molar-refractivity contribution in [3.63, 3.8) is 0 Å². The van der Waals surface area contributed by atoms with Gasteiger partial charge in [0.25, 0.3) is 5.91 Å². The van der Waals surface area contributed by atoms with E-state index in [9.17, 15) is 9.59 Å². The van der Waals surface area contributed by atoms with Gasteiger partial charge in [0.05, 0.1) is 29.8 Å². The fourth-order valence-corrected chi connectivity index (χ4v) is 3.96. The lowest BCUT2D eigenvalue weighted by molar-refractivity contribution is 0.0701. The summed E-state index contributed by atoms with van der Waals surface area (Å²) in [7, 11) is 0. The number of amides is 1. The molecule has 6 heteroatoms. The highest BCUT2D eigenvalue weighted by atomic mass is 79.9. The zero-order valence-electron chi connectivity index (χ0n) is 14.6. The van der Waals surface area contributed by atoms with Gasteiger partial charge in [-0.05, 0) is 42.0 Å². The zero-order valence-corrected chi connectivity index (χ0v) is 16.2. The molecule has 0 N–H and O–H groups in total. The first-order valence-electron chi connectivity index (χ1n) is 8.78. The number of rotatable bonds is 3. The Morgan fingerprint density at radius 3 is 2.50 bits per heavy atom. The minimum atomic E-state index is -0.540. The van der Waals surface area contributed by atoms with Crippen molar-refractivity contribution in [2.24, 2.45) is 0 Å². The van der Waals surface area contributed by atoms with Gasteiger partial charge < -0.3 is 13.7 Å². The highest BCUT2D eigenvalue weighted by Gasteiger charge is 2.43. The van der Waals surface area contributed by atoms with Crippen LogP contribution in [-0.4, -0.2) is 10.8 Å². The lowest BCUT2D eigenvalue weighted by Crippen LogP contribution is -2.29. The van der Waals surface area contributed by atoms with Crippen LogP contribution < -0.4 is 5.43 Å². The average Bonchev–Trinajstić information content (AvgIpc) is 3.31. The van der Waals surface area contributed by atoms with Gasteiger partial charge in [0.1, 0.15) is 11.3 Å². The number of hydrogen-bond acceptors (Lipinski definition) is 4. The van der Waals surface area contributed by atoms with Crippen molar-refractivity contribution in [2.75, 3.05) is 0 Å². The summed E-state index contributed by atoms with van der Waals surface area (Å²) in [5, 5.41) is 0.469. The molecule has 0 spiro atoms. The predicted molar refractivity (Wildman–Crippen MR) is 107 cm³/mol. The standard InChI is InChI=1S/C22H14BrNO4/c23-14-9-7-13(8-10-14)19-18-20(25)16-5-1-2-6-17(16)28-21(18)22(26)24(19)12-15-4-3-11-27-15/h1-11,19H,12H2/t19-/m1/s1. The molecule has 138 valence electrons. The number of nitrogens with zero attached hydrogens (tertiary/aromatic N) is 1. The molecule has 0 unspecified atom stereocenters. The molecule has 28 heavy (non-hydrogen) atoms. The Morgan fingerprint density at radius 1 is 0.964 bits per heavy atom. The highest BCUT2D eigenvalue weighted by Crippen LogP contribution is 2.39. The topological polar surface area (TPSA) is 63.7 Å². The second-order valence-corrected chi connectivity index (χ2v) is 7.55. The third kappa shape index (κ3) is 2.60. The third-order valence-corrected chi connectivity index (χ3v) is 5.49. The van der Waals surface area contributed by atoms with E-state index in [4.69, 9.17) is 8.83 Å². The molecule has 0 aliphatic carbocycles. The molecule has 3 heterocycles. The van der Waals surface area contributed by atoms with Crippen LogP contribution in [0.1, 0.15) is 33.5 Å². The van der Waals surface area contributed by atoms with Gasteiger partial charge in [-0.3, -0.25) is 9.59 Å². The van der Waals surface area contributed by atoms with Crippen LogP contribution in [0.2, 0.25) is 0 Å². The average molecular weight is 436 g/mol. The number of carbonyl (C=O) groups excluding carboxylic acids is 1. The summed E-state index contributed by atoms with van der Waals surface area (Å²) in [5.74, 6) is 0.422. The predicted octanol–water partition coefficient (Wildman–Crippen LogP) is 4.89. The molecule has 0 radical (unpaired) electrons. The molecule has 4 aromatic rings. The van der Waals surface area contributed by atoms with E-state index in [0.717, 1.165) is 10.0 Å². The number of halogens is 1. The largest absolute Gasteiger partial charge is 0.467 e. The van der Waals surface area contributed by atoms with E-state index >= 15 is 0 Å². The van der Waals surface area contributed by atoms with Gasteiger partial charge in [-0.25, -0.2) is 0 Å². The number of para-hydroxylation sites is 1. The molecule has 1 aliphatic rings. The molecule has 1 amide bonds. The van der Waals surface area contributed by atoms with Crippen molar-refractivity contribution < 1.29 is 13.6 Å². The molecule has 0 saturated carbocycles. The monoisotopic (exact) mass is 435 g/mol. The summed E-state index contributed by atoms with van der Waals surface area (Å²) in [4.78, 5) is 28.1. The Bertz CT molecular complexity index is 1240. The Hall–Kier alpha value is -3.12. The van der Waals surface area contributed by atoms with Gasteiger partial charge in [0, 0.05) is 4.47 Å². The van der Waals surface area contributed by atoms with E-state index in [0.29, 0.717) is 22.3 Å². The SMILES string of the molecule is O=C1c2oc3ccccc3c(=O)c2[C@@H](c2ccc(Br)cc2)N1Cc1ccco1. The first kappa shape index (κ1) is 17.0. The van der Waals surface area contributed by atoms with Crippen LogP contribution in [0.3, 0.4) is 0 Å². The Morgan fingerprint density at radius 2 is 1.75 bits per heavy atom. The lowest BCUT2D eigenvalue weighted by atomic mass is 9.98. The van der Waals surface area contributed by atoms with E-state index in [-0.39, 0.29) is 23.6 Å². The second kappa shape index (κ2) is 6.49. The van der Waals surface area contributed by atoms with E-state index in [1.165, 1.54) is 0 Å². The smallest absolute Gasteiger partial charge is 0.291 e. The Balaban J connectivity index is 1.75. The number of hydrogen-bond donors (Lipinski definition) is 0. The molecule has 0 saturated heterocycles. The maximum Gasteiger partial charge on any atom is 0.291 e. The minimum Gasteiger partial charge on any atom is -0.467 e. The molecule has 1 atom stereocenters. The van der Waals surface area contributed by atoms with Gasteiger partial charge in [0.15, 0.2) is 5.43 Å². The third-order valence-electron chi connectivity index (χ3n) is 4.97. The molecular formula is C22H14BrNO4. The molecular weight excluding hydrogens is 422 g/mol.